The van der Waals surface area contributed by atoms with Crippen molar-refractivity contribution >= 4 is 46.4 Å². The fourth-order valence-corrected chi connectivity index (χ4v) is 1.76. The molecule has 3 nitrogen and oxygen atoms in total. The molecule has 0 N–H and O–H groups in total. The first-order valence-electron chi connectivity index (χ1n) is 4.15. The molecule has 0 radical (unpaired) electrons. The van der Waals surface area contributed by atoms with Gasteiger partial charge in [0.15, 0.2) is 4.84 Å². The minimum absolute atomic E-state index is 0.129. The lowest BCUT2D eigenvalue weighted by Gasteiger charge is -1.98. The average molecular weight is 298 g/mol. The van der Waals surface area contributed by atoms with Crippen LogP contribution in [0.4, 0.5) is 0 Å². The van der Waals surface area contributed by atoms with Crippen LogP contribution in [0.1, 0.15) is 10.7 Å². The highest BCUT2D eigenvalue weighted by Crippen LogP contribution is 2.31. The predicted molar refractivity (Wildman–Crippen MR) is 64.2 cm³/mol. The number of hydrogen-bond acceptors (Lipinski definition) is 3. The molecule has 16 heavy (non-hydrogen) atoms. The molecule has 1 heterocycles. The molecule has 1 aromatic carbocycles. The molecule has 0 saturated carbocycles. The highest BCUT2D eigenvalue weighted by Gasteiger charge is 2.16. The molecule has 0 aliphatic carbocycles. The average Bonchev–Trinajstić information content (AvgIpc) is 2.66. The van der Waals surface area contributed by atoms with Crippen LogP contribution in [-0.4, -0.2) is 10.2 Å². The van der Waals surface area contributed by atoms with Crippen molar-refractivity contribution in [1.82, 2.24) is 10.2 Å². The van der Waals surface area contributed by atoms with Gasteiger partial charge in [-0.1, -0.05) is 46.4 Å². The third-order valence-corrected chi connectivity index (χ3v) is 2.71. The van der Waals surface area contributed by atoms with Gasteiger partial charge >= 0.3 is 0 Å². The normalized spacial score (nSPS) is 11.1. The Labute approximate surface area is 111 Å². The fraction of sp³-hybridized carbons (Fsp3) is 0.111. The minimum atomic E-state index is -0.854. The zero-order valence-electron chi connectivity index (χ0n) is 7.62. The van der Waals surface area contributed by atoms with Crippen LogP contribution in [0.2, 0.25) is 10.0 Å². The van der Waals surface area contributed by atoms with Gasteiger partial charge < -0.3 is 4.42 Å². The second kappa shape index (κ2) is 4.80. The van der Waals surface area contributed by atoms with Crippen molar-refractivity contribution in [2.45, 2.75) is 4.84 Å². The number of halogens is 4. The Morgan fingerprint density at radius 1 is 1.12 bits per heavy atom. The molecule has 0 amide bonds. The topological polar surface area (TPSA) is 38.9 Å². The zero-order chi connectivity index (χ0) is 11.7. The summed E-state index contributed by atoms with van der Waals surface area (Å²) in [4.78, 5) is -0.854. The molecular weight excluding hydrogens is 294 g/mol. The largest absolute Gasteiger partial charge is 0.418 e. The molecule has 0 aliphatic rings. The molecular formula is C9H4Cl4N2O. The van der Waals surface area contributed by atoms with Gasteiger partial charge in [-0.25, -0.2) is 0 Å². The van der Waals surface area contributed by atoms with Crippen molar-refractivity contribution in [3.8, 4) is 11.5 Å². The highest BCUT2D eigenvalue weighted by molar-refractivity contribution is 6.43. The summed E-state index contributed by atoms with van der Waals surface area (Å²) in [6.07, 6.45) is 0. The number of nitrogens with zero attached hydrogens (tertiary/aromatic N) is 2. The highest BCUT2D eigenvalue weighted by atomic mass is 35.5. The summed E-state index contributed by atoms with van der Waals surface area (Å²) < 4.78 is 5.24. The third-order valence-electron chi connectivity index (χ3n) is 1.79. The van der Waals surface area contributed by atoms with Crippen LogP contribution < -0.4 is 0 Å². The van der Waals surface area contributed by atoms with E-state index in [0.717, 1.165) is 0 Å². The van der Waals surface area contributed by atoms with Crippen LogP contribution in [-0.2, 0) is 0 Å². The van der Waals surface area contributed by atoms with Crippen LogP contribution >= 0.6 is 46.4 Å². The van der Waals surface area contributed by atoms with E-state index in [9.17, 15) is 0 Å². The summed E-state index contributed by atoms with van der Waals surface area (Å²) in [5, 5.41) is 8.42. The second-order valence-corrected chi connectivity index (χ2v) is 4.81. The maximum absolute atomic E-state index is 5.97. The van der Waals surface area contributed by atoms with E-state index in [0.29, 0.717) is 15.6 Å². The lowest BCUT2D eigenvalue weighted by molar-refractivity contribution is 0.523. The van der Waals surface area contributed by atoms with Gasteiger partial charge in [0, 0.05) is 5.02 Å². The first-order chi connectivity index (χ1) is 7.58. The summed E-state index contributed by atoms with van der Waals surface area (Å²) >= 11 is 22.9. The van der Waals surface area contributed by atoms with Crippen molar-refractivity contribution in [1.29, 1.82) is 0 Å². The van der Waals surface area contributed by atoms with Crippen molar-refractivity contribution in [3.63, 3.8) is 0 Å². The molecule has 2 rings (SSSR count). The fourth-order valence-electron chi connectivity index (χ4n) is 1.09. The van der Waals surface area contributed by atoms with Gasteiger partial charge in [-0.05, 0) is 18.2 Å². The minimum Gasteiger partial charge on any atom is -0.418 e. The Morgan fingerprint density at radius 2 is 1.88 bits per heavy atom. The van der Waals surface area contributed by atoms with E-state index in [1.165, 1.54) is 0 Å². The maximum Gasteiger partial charge on any atom is 0.249 e. The Kier molecular flexibility index (Phi) is 3.60. The van der Waals surface area contributed by atoms with E-state index in [1.807, 2.05) is 0 Å². The first kappa shape index (κ1) is 12.0. The molecule has 7 heteroatoms. The van der Waals surface area contributed by atoms with Crippen LogP contribution in [0.5, 0.6) is 0 Å². The third kappa shape index (κ3) is 2.43. The molecule has 0 atom stereocenters. The monoisotopic (exact) mass is 296 g/mol. The summed E-state index contributed by atoms with van der Waals surface area (Å²) in [5.41, 5.74) is 0.582. The number of benzene rings is 1. The zero-order valence-corrected chi connectivity index (χ0v) is 10.6. The molecule has 1 aromatic heterocycles. The van der Waals surface area contributed by atoms with E-state index in [-0.39, 0.29) is 11.8 Å². The Hall–Kier alpha value is -0.480. The van der Waals surface area contributed by atoms with E-state index >= 15 is 0 Å². The Bertz CT molecular complexity index is 512. The molecule has 84 valence electrons. The molecule has 0 bridgehead atoms. The molecule has 0 unspecified atom stereocenters. The standard InChI is InChI=1S/C9H4Cl4N2O/c10-4-1-2-5(6(11)3-4)8-14-15-9(16-8)7(12)13/h1-3,7H. The molecule has 0 spiro atoms. The van der Waals surface area contributed by atoms with Gasteiger partial charge in [0.1, 0.15) is 0 Å². The Morgan fingerprint density at radius 3 is 2.44 bits per heavy atom. The molecule has 0 aliphatic heterocycles. The summed E-state index contributed by atoms with van der Waals surface area (Å²) in [7, 11) is 0. The van der Waals surface area contributed by atoms with E-state index in [4.69, 9.17) is 50.8 Å². The number of hydrogen-bond donors (Lipinski definition) is 0. The SMILES string of the molecule is Clc1ccc(-c2nnc(C(Cl)Cl)o2)c(Cl)c1. The van der Waals surface area contributed by atoms with Crippen molar-refractivity contribution in [2.24, 2.45) is 0 Å². The Balaban J connectivity index is 2.42. The van der Waals surface area contributed by atoms with E-state index in [2.05, 4.69) is 10.2 Å². The van der Waals surface area contributed by atoms with E-state index in [1.54, 1.807) is 18.2 Å². The van der Waals surface area contributed by atoms with Gasteiger partial charge in [-0.15, -0.1) is 10.2 Å². The van der Waals surface area contributed by atoms with Gasteiger partial charge in [0.25, 0.3) is 0 Å². The van der Waals surface area contributed by atoms with E-state index < -0.39 is 4.84 Å². The maximum atomic E-state index is 5.97. The number of aromatic nitrogens is 2. The van der Waals surface area contributed by atoms with Crippen molar-refractivity contribution in [2.75, 3.05) is 0 Å². The number of alkyl halides is 2. The van der Waals surface area contributed by atoms with Crippen LogP contribution in [0.3, 0.4) is 0 Å². The second-order valence-electron chi connectivity index (χ2n) is 2.87. The van der Waals surface area contributed by atoms with Crippen LogP contribution in [0.25, 0.3) is 11.5 Å². The van der Waals surface area contributed by atoms with Crippen molar-refractivity contribution < 1.29 is 4.42 Å². The van der Waals surface area contributed by atoms with Gasteiger partial charge in [-0.2, -0.15) is 0 Å². The number of rotatable bonds is 2. The molecule has 0 saturated heterocycles. The summed E-state index contributed by atoms with van der Waals surface area (Å²) in [6.45, 7) is 0. The van der Waals surface area contributed by atoms with Gasteiger partial charge in [0.05, 0.1) is 10.6 Å². The van der Waals surface area contributed by atoms with Crippen molar-refractivity contribution in [3.05, 3.63) is 34.1 Å². The predicted octanol–water partition coefficient (Wildman–Crippen LogP) is 4.52. The van der Waals surface area contributed by atoms with Gasteiger partial charge in [0.2, 0.25) is 11.8 Å². The van der Waals surface area contributed by atoms with Crippen LogP contribution in [0, 0.1) is 0 Å². The summed E-state index contributed by atoms with van der Waals surface area (Å²) in [6, 6.07) is 4.94. The quantitative estimate of drug-likeness (QED) is 0.765. The molecule has 2 aromatic rings. The summed E-state index contributed by atoms with van der Waals surface area (Å²) in [5.74, 6) is 0.382. The van der Waals surface area contributed by atoms with Crippen LogP contribution in [0.15, 0.2) is 22.6 Å². The molecule has 0 fully saturated rings. The lowest BCUT2D eigenvalue weighted by Crippen LogP contribution is -1.79. The van der Waals surface area contributed by atoms with Gasteiger partial charge in [-0.3, -0.25) is 0 Å². The smallest absolute Gasteiger partial charge is 0.249 e. The lowest BCUT2D eigenvalue weighted by atomic mass is 10.2. The first-order valence-corrected chi connectivity index (χ1v) is 5.78.